The highest BCUT2D eigenvalue weighted by Crippen LogP contribution is 2.49. The van der Waals surface area contributed by atoms with Crippen molar-refractivity contribution >= 4 is 8.80 Å². The number of epoxide rings is 1. The van der Waals surface area contributed by atoms with E-state index in [0.717, 1.165) is 0 Å². The van der Waals surface area contributed by atoms with Crippen molar-refractivity contribution in [2.75, 3.05) is 19.8 Å². The molecule has 1 heterocycles. The van der Waals surface area contributed by atoms with E-state index < -0.39 is 8.80 Å². The van der Waals surface area contributed by atoms with Crippen LogP contribution in [0.1, 0.15) is 47.0 Å². The average Bonchev–Trinajstić information content (AvgIpc) is 3.17. The van der Waals surface area contributed by atoms with Crippen LogP contribution in [0, 0.1) is 5.92 Å². The van der Waals surface area contributed by atoms with Crippen molar-refractivity contribution in [3.63, 3.8) is 0 Å². The van der Waals surface area contributed by atoms with Crippen molar-refractivity contribution < 1.29 is 18.0 Å². The highest BCUT2D eigenvalue weighted by molar-refractivity contribution is 6.62. The Bertz CT molecular complexity index is 270. The second-order valence-electron chi connectivity index (χ2n) is 5.43. The molecule has 0 spiro atoms. The monoisotopic (exact) mass is 288 g/mol. The van der Waals surface area contributed by atoms with E-state index in [0.29, 0.717) is 43.5 Å². The lowest BCUT2D eigenvalue weighted by molar-refractivity contribution is 0.0523. The van der Waals surface area contributed by atoms with Crippen molar-refractivity contribution in [1.29, 1.82) is 0 Å². The third-order valence-corrected chi connectivity index (χ3v) is 7.92. The van der Waals surface area contributed by atoms with Gasteiger partial charge in [0.2, 0.25) is 0 Å². The number of hydrogen-bond donors (Lipinski definition) is 0. The van der Waals surface area contributed by atoms with Crippen LogP contribution in [-0.2, 0) is 18.0 Å². The van der Waals surface area contributed by atoms with Crippen LogP contribution in [0.25, 0.3) is 0 Å². The number of hydrogen-bond acceptors (Lipinski definition) is 4. The molecule has 4 unspecified atom stereocenters. The molecule has 0 aromatic heterocycles. The highest BCUT2D eigenvalue weighted by atomic mass is 28.4. The van der Waals surface area contributed by atoms with Gasteiger partial charge < -0.3 is 18.0 Å². The van der Waals surface area contributed by atoms with Gasteiger partial charge in [-0.15, -0.1) is 0 Å². The molecule has 4 nitrogen and oxygen atoms in total. The fraction of sp³-hybridized carbons (Fsp3) is 1.00. The normalized spacial score (nSPS) is 31.9. The molecule has 4 atom stereocenters. The van der Waals surface area contributed by atoms with Crippen LogP contribution in [0.3, 0.4) is 0 Å². The highest BCUT2D eigenvalue weighted by Gasteiger charge is 2.57. The Morgan fingerprint density at radius 2 is 1.63 bits per heavy atom. The predicted octanol–water partition coefficient (Wildman–Crippen LogP) is 2.99. The van der Waals surface area contributed by atoms with E-state index in [1.807, 2.05) is 20.8 Å². The van der Waals surface area contributed by atoms with Crippen LogP contribution in [0.15, 0.2) is 0 Å². The Labute approximate surface area is 118 Å². The van der Waals surface area contributed by atoms with Crippen molar-refractivity contribution in [3.05, 3.63) is 0 Å². The average molecular weight is 288 g/mol. The van der Waals surface area contributed by atoms with Crippen molar-refractivity contribution in [2.24, 2.45) is 5.92 Å². The molecule has 19 heavy (non-hydrogen) atoms. The predicted molar refractivity (Wildman–Crippen MR) is 76.1 cm³/mol. The Morgan fingerprint density at radius 1 is 1.05 bits per heavy atom. The second kappa shape index (κ2) is 6.67. The third-order valence-electron chi connectivity index (χ3n) is 4.31. The molecule has 2 rings (SSSR count). The topological polar surface area (TPSA) is 40.2 Å². The molecular formula is C14H28O4Si. The smallest absolute Gasteiger partial charge is 0.374 e. The molecule has 2 aliphatic rings. The van der Waals surface area contributed by atoms with E-state index in [4.69, 9.17) is 18.0 Å². The summed E-state index contributed by atoms with van der Waals surface area (Å²) in [5.74, 6) is 0.537. The minimum absolute atomic E-state index is 0.322. The van der Waals surface area contributed by atoms with E-state index in [9.17, 15) is 0 Å². The Hall–Kier alpha value is 0.0569. The summed E-state index contributed by atoms with van der Waals surface area (Å²) in [6.45, 7) is 10.2. The van der Waals surface area contributed by atoms with Gasteiger partial charge in [0, 0.05) is 25.4 Å². The number of rotatable bonds is 8. The van der Waals surface area contributed by atoms with Gasteiger partial charge in [0.15, 0.2) is 0 Å². The largest absolute Gasteiger partial charge is 0.504 e. The standard InChI is InChI=1S/C14H28O4Si/c1-5-15-19(16-6-2,17-7-3)11(4)12-9-8-10-13-14(12)18-13/h11-14H,5-10H2,1-4H3. The summed E-state index contributed by atoms with van der Waals surface area (Å²) in [6.07, 6.45) is 4.62. The van der Waals surface area contributed by atoms with Gasteiger partial charge in [-0.3, -0.25) is 0 Å². The van der Waals surface area contributed by atoms with Gasteiger partial charge in [-0.2, -0.15) is 0 Å². The summed E-state index contributed by atoms with van der Waals surface area (Å²) >= 11 is 0. The first-order valence-electron chi connectivity index (χ1n) is 7.75. The van der Waals surface area contributed by atoms with Crippen molar-refractivity contribution in [3.8, 4) is 0 Å². The molecule has 1 aliphatic carbocycles. The molecule has 0 radical (unpaired) electrons. The Morgan fingerprint density at radius 3 is 2.16 bits per heavy atom. The molecule has 0 aromatic rings. The van der Waals surface area contributed by atoms with Gasteiger partial charge in [0.1, 0.15) is 0 Å². The number of fused-ring (bicyclic) bond motifs is 1. The minimum Gasteiger partial charge on any atom is -0.374 e. The first-order valence-corrected chi connectivity index (χ1v) is 9.56. The summed E-state index contributed by atoms with van der Waals surface area (Å²) in [4.78, 5) is 0. The van der Waals surface area contributed by atoms with Crippen LogP contribution in [-0.4, -0.2) is 40.8 Å². The van der Waals surface area contributed by atoms with Crippen LogP contribution >= 0.6 is 0 Å². The Balaban J connectivity index is 2.10. The van der Waals surface area contributed by atoms with Crippen LogP contribution in [0.2, 0.25) is 5.54 Å². The molecular weight excluding hydrogens is 260 g/mol. The van der Waals surface area contributed by atoms with E-state index in [1.54, 1.807) is 0 Å². The van der Waals surface area contributed by atoms with E-state index >= 15 is 0 Å². The maximum atomic E-state index is 6.03. The maximum absolute atomic E-state index is 6.03. The fourth-order valence-electron chi connectivity index (χ4n) is 3.40. The van der Waals surface area contributed by atoms with Crippen molar-refractivity contribution in [1.82, 2.24) is 0 Å². The lowest BCUT2D eigenvalue weighted by Crippen LogP contribution is -2.52. The van der Waals surface area contributed by atoms with Crippen molar-refractivity contribution in [2.45, 2.75) is 64.7 Å². The lowest BCUT2D eigenvalue weighted by Gasteiger charge is -2.37. The fourth-order valence-corrected chi connectivity index (χ4v) is 6.53. The summed E-state index contributed by atoms with van der Waals surface area (Å²) in [5.41, 5.74) is 0.322. The summed E-state index contributed by atoms with van der Waals surface area (Å²) in [6, 6.07) is 0. The molecule has 0 amide bonds. The molecule has 112 valence electrons. The van der Waals surface area contributed by atoms with Crippen LogP contribution in [0.5, 0.6) is 0 Å². The summed E-state index contributed by atoms with van der Waals surface area (Å²) in [7, 11) is -2.58. The first kappa shape index (κ1) is 15.4. The molecule has 1 aliphatic heterocycles. The van der Waals surface area contributed by atoms with Crippen LogP contribution < -0.4 is 0 Å². The Kier molecular flexibility index (Phi) is 5.43. The third kappa shape index (κ3) is 3.21. The summed E-state index contributed by atoms with van der Waals surface area (Å²) < 4.78 is 23.9. The van der Waals surface area contributed by atoms with E-state index in [-0.39, 0.29) is 0 Å². The van der Waals surface area contributed by atoms with Gasteiger partial charge in [-0.1, -0.05) is 13.3 Å². The molecule has 5 heteroatoms. The maximum Gasteiger partial charge on any atom is 0.504 e. The molecule has 0 aromatic carbocycles. The number of ether oxygens (including phenoxy) is 1. The van der Waals surface area contributed by atoms with Gasteiger partial charge >= 0.3 is 8.80 Å². The van der Waals surface area contributed by atoms with E-state index in [1.165, 1.54) is 19.3 Å². The van der Waals surface area contributed by atoms with Gasteiger partial charge in [-0.25, -0.2) is 0 Å². The lowest BCUT2D eigenvalue weighted by atomic mass is 9.87. The SMILES string of the molecule is CCO[Si](OCC)(OCC)C(C)C1CCCC2OC21. The molecule has 0 N–H and O–H groups in total. The zero-order valence-corrected chi connectivity index (χ0v) is 13.7. The van der Waals surface area contributed by atoms with Gasteiger partial charge in [-0.05, 0) is 39.5 Å². The zero-order chi connectivity index (χ0) is 13.9. The quantitative estimate of drug-likeness (QED) is 0.508. The van der Waals surface area contributed by atoms with Crippen LogP contribution in [0.4, 0.5) is 0 Å². The second-order valence-corrected chi connectivity index (χ2v) is 8.41. The van der Waals surface area contributed by atoms with Gasteiger partial charge in [0.25, 0.3) is 0 Å². The molecule has 1 saturated carbocycles. The van der Waals surface area contributed by atoms with E-state index in [2.05, 4.69) is 6.92 Å². The minimum atomic E-state index is -2.58. The molecule has 0 bridgehead atoms. The molecule has 1 saturated heterocycles. The molecule has 2 fully saturated rings. The zero-order valence-electron chi connectivity index (χ0n) is 12.7. The summed E-state index contributed by atoms with van der Waals surface area (Å²) in [5, 5.41) is 0. The van der Waals surface area contributed by atoms with Gasteiger partial charge in [0.05, 0.1) is 12.2 Å². The first-order chi connectivity index (χ1) is 9.18.